The normalized spacial score (nSPS) is 18.5. The van der Waals surface area contributed by atoms with Crippen molar-refractivity contribution in [3.8, 4) is 5.75 Å². The van der Waals surface area contributed by atoms with Crippen molar-refractivity contribution in [2.24, 2.45) is 0 Å². The summed E-state index contributed by atoms with van der Waals surface area (Å²) in [7, 11) is 0. The molecule has 1 saturated heterocycles. The SMILES string of the molecule is O=C(Nc1ccc(OC2CCCC2)c(Cl)c1)C(=O)N1CCSCC1. The monoisotopic (exact) mass is 368 g/mol. The Kier molecular flexibility index (Phi) is 5.89. The fourth-order valence-corrected chi connectivity index (χ4v) is 4.08. The molecule has 0 atom stereocenters. The van der Waals surface area contributed by atoms with E-state index < -0.39 is 11.8 Å². The predicted octanol–water partition coefficient (Wildman–Crippen LogP) is 3.18. The summed E-state index contributed by atoms with van der Waals surface area (Å²) < 4.78 is 5.89. The zero-order chi connectivity index (χ0) is 16.9. The minimum atomic E-state index is -0.623. The van der Waals surface area contributed by atoms with E-state index in [9.17, 15) is 9.59 Å². The first kappa shape index (κ1) is 17.4. The number of anilines is 1. The Bertz CT molecular complexity index is 614. The van der Waals surface area contributed by atoms with Gasteiger partial charge in [0.2, 0.25) is 0 Å². The second kappa shape index (κ2) is 8.12. The summed E-state index contributed by atoms with van der Waals surface area (Å²) in [6.45, 7) is 1.23. The molecule has 1 aromatic rings. The van der Waals surface area contributed by atoms with Gasteiger partial charge in [0.05, 0.1) is 11.1 Å². The van der Waals surface area contributed by atoms with Crippen LogP contribution in [0.15, 0.2) is 18.2 Å². The van der Waals surface area contributed by atoms with E-state index in [4.69, 9.17) is 16.3 Å². The summed E-state index contributed by atoms with van der Waals surface area (Å²) in [5, 5.41) is 3.07. The quantitative estimate of drug-likeness (QED) is 0.832. The molecule has 1 aliphatic carbocycles. The topological polar surface area (TPSA) is 58.6 Å². The molecule has 130 valence electrons. The van der Waals surface area contributed by atoms with Crippen LogP contribution in [0, 0.1) is 0 Å². The van der Waals surface area contributed by atoms with Crippen LogP contribution < -0.4 is 10.1 Å². The summed E-state index contributed by atoms with van der Waals surface area (Å²) in [4.78, 5) is 25.8. The molecule has 0 bridgehead atoms. The molecule has 1 saturated carbocycles. The summed E-state index contributed by atoms with van der Waals surface area (Å²) >= 11 is 8.04. The summed E-state index contributed by atoms with van der Waals surface area (Å²) in [6.07, 6.45) is 4.71. The van der Waals surface area contributed by atoms with E-state index in [1.165, 1.54) is 12.8 Å². The van der Waals surface area contributed by atoms with Gasteiger partial charge in [-0.2, -0.15) is 11.8 Å². The third-order valence-corrected chi connectivity index (χ3v) is 5.52. The van der Waals surface area contributed by atoms with Gasteiger partial charge in [0, 0.05) is 30.3 Å². The van der Waals surface area contributed by atoms with Gasteiger partial charge in [-0.05, 0) is 43.9 Å². The molecule has 0 unspecified atom stereocenters. The molecule has 24 heavy (non-hydrogen) atoms. The highest BCUT2D eigenvalue weighted by molar-refractivity contribution is 7.99. The first-order valence-electron chi connectivity index (χ1n) is 8.27. The number of halogens is 1. The molecule has 7 heteroatoms. The van der Waals surface area contributed by atoms with Crippen LogP contribution in [-0.2, 0) is 9.59 Å². The van der Waals surface area contributed by atoms with E-state index in [-0.39, 0.29) is 6.10 Å². The lowest BCUT2D eigenvalue weighted by Crippen LogP contribution is -2.44. The highest BCUT2D eigenvalue weighted by Crippen LogP contribution is 2.31. The van der Waals surface area contributed by atoms with Crippen LogP contribution in [0.3, 0.4) is 0 Å². The first-order valence-corrected chi connectivity index (χ1v) is 9.81. The number of thioether (sulfide) groups is 1. The van der Waals surface area contributed by atoms with E-state index in [2.05, 4.69) is 5.32 Å². The smallest absolute Gasteiger partial charge is 0.313 e. The van der Waals surface area contributed by atoms with Crippen LogP contribution in [0.1, 0.15) is 25.7 Å². The molecule has 2 aliphatic rings. The van der Waals surface area contributed by atoms with Crippen LogP contribution in [0.2, 0.25) is 5.02 Å². The van der Waals surface area contributed by atoms with Crippen molar-refractivity contribution in [1.29, 1.82) is 0 Å². The molecule has 0 aromatic heterocycles. The average molecular weight is 369 g/mol. The first-order chi connectivity index (χ1) is 11.6. The van der Waals surface area contributed by atoms with E-state index in [1.807, 2.05) is 0 Å². The van der Waals surface area contributed by atoms with Crippen molar-refractivity contribution >= 4 is 40.9 Å². The Morgan fingerprint density at radius 3 is 2.58 bits per heavy atom. The van der Waals surface area contributed by atoms with Crippen molar-refractivity contribution in [3.05, 3.63) is 23.2 Å². The maximum absolute atomic E-state index is 12.1. The largest absolute Gasteiger partial charge is 0.489 e. The number of carbonyl (C=O) groups excluding carboxylic acids is 2. The van der Waals surface area contributed by atoms with Gasteiger partial charge >= 0.3 is 11.8 Å². The number of rotatable bonds is 3. The van der Waals surface area contributed by atoms with Crippen LogP contribution in [0.25, 0.3) is 0 Å². The molecule has 2 amide bonds. The molecule has 5 nitrogen and oxygen atoms in total. The molecule has 1 heterocycles. The van der Waals surface area contributed by atoms with Gasteiger partial charge in [-0.1, -0.05) is 11.6 Å². The lowest BCUT2D eigenvalue weighted by Gasteiger charge is -2.25. The van der Waals surface area contributed by atoms with Crippen LogP contribution in [-0.4, -0.2) is 47.4 Å². The highest BCUT2D eigenvalue weighted by atomic mass is 35.5. The number of nitrogens with zero attached hydrogens (tertiary/aromatic N) is 1. The summed E-state index contributed by atoms with van der Waals surface area (Å²) in [6, 6.07) is 5.09. The minimum absolute atomic E-state index is 0.224. The minimum Gasteiger partial charge on any atom is -0.489 e. The molecule has 1 N–H and O–H groups in total. The fraction of sp³-hybridized carbons (Fsp3) is 0.529. The highest BCUT2D eigenvalue weighted by Gasteiger charge is 2.24. The van der Waals surface area contributed by atoms with Crippen molar-refractivity contribution < 1.29 is 14.3 Å². The van der Waals surface area contributed by atoms with Gasteiger partial charge in [-0.25, -0.2) is 0 Å². The van der Waals surface area contributed by atoms with Gasteiger partial charge < -0.3 is 15.0 Å². The summed E-state index contributed by atoms with van der Waals surface area (Å²) in [5.74, 6) is 1.26. The van der Waals surface area contributed by atoms with Gasteiger partial charge in [0.25, 0.3) is 0 Å². The molecular weight excluding hydrogens is 348 g/mol. The second-order valence-corrected chi connectivity index (χ2v) is 7.66. The summed E-state index contributed by atoms with van der Waals surface area (Å²) in [5.41, 5.74) is 0.503. The maximum atomic E-state index is 12.1. The fourth-order valence-electron chi connectivity index (χ4n) is 2.95. The van der Waals surface area contributed by atoms with Gasteiger partial charge in [0.1, 0.15) is 5.75 Å². The number of benzene rings is 1. The average Bonchev–Trinajstić information content (AvgIpc) is 3.10. The third-order valence-electron chi connectivity index (χ3n) is 4.28. The zero-order valence-electron chi connectivity index (χ0n) is 13.4. The van der Waals surface area contributed by atoms with E-state index >= 15 is 0 Å². The number of ether oxygens (including phenoxy) is 1. The molecular formula is C17H21ClN2O3S. The zero-order valence-corrected chi connectivity index (χ0v) is 15.0. The number of hydrogen-bond donors (Lipinski definition) is 1. The van der Waals surface area contributed by atoms with Crippen LogP contribution >= 0.6 is 23.4 Å². The molecule has 3 rings (SSSR count). The second-order valence-electron chi connectivity index (χ2n) is 6.03. The van der Waals surface area contributed by atoms with E-state index in [0.29, 0.717) is 29.5 Å². The Morgan fingerprint density at radius 1 is 1.21 bits per heavy atom. The Morgan fingerprint density at radius 2 is 1.92 bits per heavy atom. The maximum Gasteiger partial charge on any atom is 0.313 e. The van der Waals surface area contributed by atoms with Crippen molar-refractivity contribution in [3.63, 3.8) is 0 Å². The van der Waals surface area contributed by atoms with Crippen LogP contribution in [0.4, 0.5) is 5.69 Å². The standard InChI is InChI=1S/C17H21ClN2O3S/c18-14-11-12(5-6-15(14)23-13-3-1-2-4-13)19-16(21)17(22)20-7-9-24-10-8-20/h5-6,11,13H,1-4,7-10H2,(H,19,21). The number of amides is 2. The van der Waals surface area contributed by atoms with Crippen LogP contribution in [0.5, 0.6) is 5.75 Å². The molecule has 0 spiro atoms. The lowest BCUT2D eigenvalue weighted by molar-refractivity contribution is -0.142. The van der Waals surface area contributed by atoms with E-state index in [0.717, 1.165) is 24.3 Å². The number of carbonyl (C=O) groups is 2. The van der Waals surface area contributed by atoms with Crippen molar-refractivity contribution in [1.82, 2.24) is 4.90 Å². The van der Waals surface area contributed by atoms with Gasteiger partial charge in [-0.3, -0.25) is 9.59 Å². The van der Waals surface area contributed by atoms with Gasteiger partial charge in [-0.15, -0.1) is 0 Å². The molecule has 1 aliphatic heterocycles. The molecule has 2 fully saturated rings. The Labute approximate surface area is 151 Å². The third kappa shape index (κ3) is 4.36. The Balaban J connectivity index is 1.59. The Hall–Kier alpha value is -1.40. The number of nitrogens with one attached hydrogen (secondary N) is 1. The molecule has 1 aromatic carbocycles. The van der Waals surface area contributed by atoms with Crippen molar-refractivity contribution in [2.75, 3.05) is 29.9 Å². The van der Waals surface area contributed by atoms with E-state index in [1.54, 1.807) is 34.9 Å². The lowest BCUT2D eigenvalue weighted by atomic mass is 10.2. The van der Waals surface area contributed by atoms with Crippen molar-refractivity contribution in [2.45, 2.75) is 31.8 Å². The predicted molar refractivity (Wildman–Crippen MR) is 96.9 cm³/mol. The number of hydrogen-bond acceptors (Lipinski definition) is 4. The molecule has 0 radical (unpaired) electrons. The van der Waals surface area contributed by atoms with Gasteiger partial charge in [0.15, 0.2) is 0 Å².